The Morgan fingerprint density at radius 2 is 1.64 bits per heavy atom. The Balaban J connectivity index is 1.76. The van der Waals surface area contributed by atoms with Gasteiger partial charge in [-0.05, 0) is 30.3 Å². The lowest BCUT2D eigenvalue weighted by Gasteiger charge is -2.09. The highest BCUT2D eigenvalue weighted by Gasteiger charge is 2.17. The second-order valence-corrected chi connectivity index (χ2v) is 5.70. The molecule has 25 heavy (non-hydrogen) atoms. The smallest absolute Gasteiger partial charge is 0.231 e. The van der Waals surface area contributed by atoms with E-state index in [0.717, 1.165) is 39.4 Å². The predicted molar refractivity (Wildman–Crippen MR) is 94.3 cm³/mol. The van der Waals surface area contributed by atoms with E-state index in [1.807, 2.05) is 60.7 Å². The molecule has 0 atom stereocenters. The molecule has 2 aromatic carbocycles. The molecule has 2 aromatic heterocycles. The van der Waals surface area contributed by atoms with Gasteiger partial charge in [0.2, 0.25) is 6.79 Å². The monoisotopic (exact) mass is 327 g/mol. The van der Waals surface area contributed by atoms with Gasteiger partial charge in [-0.2, -0.15) is 0 Å². The van der Waals surface area contributed by atoms with Crippen molar-refractivity contribution in [1.29, 1.82) is 0 Å². The van der Waals surface area contributed by atoms with Crippen molar-refractivity contribution in [2.45, 2.75) is 0 Å². The predicted octanol–water partition coefficient (Wildman–Crippen LogP) is 4.09. The molecule has 0 N–H and O–H groups in total. The third-order valence-corrected chi connectivity index (χ3v) is 4.13. The molecule has 0 fully saturated rings. The van der Waals surface area contributed by atoms with E-state index >= 15 is 0 Å². The van der Waals surface area contributed by atoms with E-state index in [1.54, 1.807) is 6.20 Å². The number of aromatic nitrogens is 3. The van der Waals surface area contributed by atoms with Crippen LogP contribution in [0.25, 0.3) is 33.7 Å². The Bertz CT molecular complexity index is 1080. The highest BCUT2D eigenvalue weighted by molar-refractivity contribution is 5.90. The quantitative estimate of drug-likeness (QED) is 0.555. The summed E-state index contributed by atoms with van der Waals surface area (Å²) in [7, 11) is 0. The fourth-order valence-corrected chi connectivity index (χ4v) is 2.93. The van der Waals surface area contributed by atoms with Gasteiger partial charge >= 0.3 is 0 Å². The fraction of sp³-hybridized carbons (Fsp3) is 0.0500. The zero-order valence-corrected chi connectivity index (χ0v) is 13.2. The summed E-state index contributed by atoms with van der Waals surface area (Å²) in [4.78, 5) is 14.0. The molecule has 0 aliphatic carbocycles. The summed E-state index contributed by atoms with van der Waals surface area (Å²) in [6, 6.07) is 19.6. The average Bonchev–Trinajstić information content (AvgIpc) is 3.15. The standard InChI is InChI=1S/C20H13N3O2/c1-2-5-13(6-3-1)20-22-15-7-4-10-21-19(15)18(23-20)14-8-9-16-17(11-14)25-12-24-16/h1-11H,12H2. The lowest BCUT2D eigenvalue weighted by Crippen LogP contribution is -1.96. The Morgan fingerprint density at radius 1 is 0.760 bits per heavy atom. The van der Waals surface area contributed by atoms with Gasteiger partial charge in [-0.1, -0.05) is 30.3 Å². The van der Waals surface area contributed by atoms with E-state index in [4.69, 9.17) is 14.5 Å². The minimum Gasteiger partial charge on any atom is -0.454 e. The van der Waals surface area contributed by atoms with Crippen molar-refractivity contribution in [3.8, 4) is 34.1 Å². The summed E-state index contributed by atoms with van der Waals surface area (Å²) < 4.78 is 10.9. The third-order valence-electron chi connectivity index (χ3n) is 4.13. The van der Waals surface area contributed by atoms with Gasteiger partial charge in [0.1, 0.15) is 11.2 Å². The molecular weight excluding hydrogens is 314 g/mol. The molecule has 0 unspecified atom stereocenters. The molecule has 3 heterocycles. The van der Waals surface area contributed by atoms with Gasteiger partial charge in [0, 0.05) is 17.3 Å². The Kier molecular flexibility index (Phi) is 3.10. The van der Waals surface area contributed by atoms with Crippen LogP contribution < -0.4 is 9.47 Å². The maximum Gasteiger partial charge on any atom is 0.231 e. The van der Waals surface area contributed by atoms with Gasteiger partial charge in [0.05, 0.1) is 5.52 Å². The summed E-state index contributed by atoms with van der Waals surface area (Å²) in [6.45, 7) is 0.247. The SMILES string of the molecule is c1ccc(-c2nc(-c3ccc4c(c3)OCO4)c3ncccc3n2)cc1. The molecular formula is C20H13N3O2. The first-order valence-corrected chi connectivity index (χ1v) is 7.97. The number of hydrogen-bond donors (Lipinski definition) is 0. The van der Waals surface area contributed by atoms with Crippen molar-refractivity contribution in [2.24, 2.45) is 0 Å². The highest BCUT2D eigenvalue weighted by atomic mass is 16.7. The third kappa shape index (κ3) is 2.37. The number of fused-ring (bicyclic) bond motifs is 2. The Morgan fingerprint density at radius 3 is 2.56 bits per heavy atom. The van der Waals surface area contributed by atoms with Gasteiger partial charge in [0.15, 0.2) is 17.3 Å². The van der Waals surface area contributed by atoms with Crippen molar-refractivity contribution in [2.75, 3.05) is 6.79 Å². The molecule has 0 radical (unpaired) electrons. The molecule has 0 saturated carbocycles. The van der Waals surface area contributed by atoms with Crippen LogP contribution in [0, 0.1) is 0 Å². The van der Waals surface area contributed by atoms with E-state index in [0.29, 0.717) is 5.82 Å². The van der Waals surface area contributed by atoms with Crippen LogP contribution in [-0.2, 0) is 0 Å². The Hall–Kier alpha value is -3.47. The van der Waals surface area contributed by atoms with Crippen LogP contribution in [0.3, 0.4) is 0 Å². The zero-order valence-electron chi connectivity index (χ0n) is 13.2. The summed E-state index contributed by atoms with van der Waals surface area (Å²) in [6.07, 6.45) is 1.75. The van der Waals surface area contributed by atoms with Crippen molar-refractivity contribution in [3.63, 3.8) is 0 Å². The lowest BCUT2D eigenvalue weighted by molar-refractivity contribution is 0.174. The van der Waals surface area contributed by atoms with Gasteiger partial charge in [0.25, 0.3) is 0 Å². The molecule has 1 aliphatic rings. The second-order valence-electron chi connectivity index (χ2n) is 5.70. The number of ether oxygens (including phenoxy) is 2. The molecule has 5 heteroatoms. The number of pyridine rings is 1. The second kappa shape index (κ2) is 5.56. The molecule has 0 amide bonds. The van der Waals surface area contributed by atoms with Crippen LogP contribution in [0.5, 0.6) is 11.5 Å². The van der Waals surface area contributed by atoms with Crippen molar-refractivity contribution < 1.29 is 9.47 Å². The van der Waals surface area contributed by atoms with Gasteiger partial charge < -0.3 is 9.47 Å². The van der Waals surface area contributed by atoms with Crippen LogP contribution in [0.1, 0.15) is 0 Å². The number of hydrogen-bond acceptors (Lipinski definition) is 5. The highest BCUT2D eigenvalue weighted by Crippen LogP contribution is 2.37. The van der Waals surface area contributed by atoms with E-state index in [1.165, 1.54) is 0 Å². The fourth-order valence-electron chi connectivity index (χ4n) is 2.93. The Labute approximate surface area is 143 Å². The molecule has 5 rings (SSSR count). The van der Waals surface area contributed by atoms with Gasteiger partial charge in [-0.25, -0.2) is 9.97 Å². The van der Waals surface area contributed by atoms with Crippen LogP contribution in [-0.4, -0.2) is 21.7 Å². The summed E-state index contributed by atoms with van der Waals surface area (Å²) in [5, 5.41) is 0. The van der Waals surface area contributed by atoms with Crippen LogP contribution >= 0.6 is 0 Å². The molecule has 4 aromatic rings. The first-order chi connectivity index (χ1) is 12.4. The minimum absolute atomic E-state index is 0.247. The van der Waals surface area contributed by atoms with Crippen LogP contribution in [0.15, 0.2) is 66.9 Å². The minimum atomic E-state index is 0.247. The molecule has 0 spiro atoms. The summed E-state index contributed by atoms with van der Waals surface area (Å²) in [5.41, 5.74) is 4.25. The van der Waals surface area contributed by atoms with Crippen molar-refractivity contribution >= 4 is 11.0 Å². The van der Waals surface area contributed by atoms with Crippen LogP contribution in [0.2, 0.25) is 0 Å². The van der Waals surface area contributed by atoms with Crippen molar-refractivity contribution in [1.82, 2.24) is 15.0 Å². The van der Waals surface area contributed by atoms with Gasteiger partial charge in [-0.3, -0.25) is 4.98 Å². The molecule has 120 valence electrons. The maximum absolute atomic E-state index is 5.50. The number of rotatable bonds is 2. The number of benzene rings is 2. The molecule has 0 bridgehead atoms. The summed E-state index contributed by atoms with van der Waals surface area (Å²) >= 11 is 0. The molecule has 5 nitrogen and oxygen atoms in total. The van der Waals surface area contributed by atoms with Crippen LogP contribution in [0.4, 0.5) is 0 Å². The first kappa shape index (κ1) is 13.9. The van der Waals surface area contributed by atoms with E-state index in [9.17, 15) is 0 Å². The summed E-state index contributed by atoms with van der Waals surface area (Å²) in [5.74, 6) is 2.15. The average molecular weight is 327 g/mol. The lowest BCUT2D eigenvalue weighted by atomic mass is 10.1. The van der Waals surface area contributed by atoms with Crippen molar-refractivity contribution in [3.05, 3.63) is 66.9 Å². The van der Waals surface area contributed by atoms with E-state index in [-0.39, 0.29) is 6.79 Å². The maximum atomic E-state index is 5.50. The normalized spacial score (nSPS) is 12.5. The molecule has 0 saturated heterocycles. The van der Waals surface area contributed by atoms with E-state index in [2.05, 4.69) is 9.97 Å². The molecule has 1 aliphatic heterocycles. The van der Waals surface area contributed by atoms with Gasteiger partial charge in [-0.15, -0.1) is 0 Å². The topological polar surface area (TPSA) is 57.1 Å². The van der Waals surface area contributed by atoms with E-state index < -0.39 is 0 Å². The first-order valence-electron chi connectivity index (χ1n) is 7.97. The number of nitrogens with zero attached hydrogens (tertiary/aromatic N) is 3. The largest absolute Gasteiger partial charge is 0.454 e. The zero-order chi connectivity index (χ0) is 16.6.